The molecular formula is C13H24N4S. The highest BCUT2D eigenvalue weighted by Gasteiger charge is 2.24. The zero-order valence-corrected chi connectivity index (χ0v) is 12.5. The van der Waals surface area contributed by atoms with Crippen molar-refractivity contribution in [1.82, 2.24) is 9.36 Å². The second kappa shape index (κ2) is 5.53. The third-order valence-electron chi connectivity index (χ3n) is 3.55. The Morgan fingerprint density at radius 1 is 1.33 bits per heavy atom. The van der Waals surface area contributed by atoms with Crippen LogP contribution in [0.2, 0.25) is 0 Å². The summed E-state index contributed by atoms with van der Waals surface area (Å²) in [5.41, 5.74) is 5.67. The predicted octanol–water partition coefficient (Wildman–Crippen LogP) is 2.40. The minimum absolute atomic E-state index is 0.0482. The molecule has 0 radical (unpaired) electrons. The fraction of sp³-hybridized carbons (Fsp3) is 0.846. The molecule has 4 nitrogen and oxygen atoms in total. The lowest BCUT2D eigenvalue weighted by molar-refractivity contribution is 0.386. The van der Waals surface area contributed by atoms with Crippen LogP contribution in [-0.2, 0) is 5.41 Å². The smallest absolute Gasteiger partial charge is 0.205 e. The van der Waals surface area contributed by atoms with E-state index in [1.54, 1.807) is 0 Å². The lowest BCUT2D eigenvalue weighted by atomic mass is 9.94. The van der Waals surface area contributed by atoms with E-state index in [0.717, 1.165) is 42.9 Å². The number of hydrogen-bond donors (Lipinski definition) is 1. The Morgan fingerprint density at radius 2 is 2.00 bits per heavy atom. The quantitative estimate of drug-likeness (QED) is 0.914. The van der Waals surface area contributed by atoms with Crippen LogP contribution in [-0.4, -0.2) is 29.0 Å². The van der Waals surface area contributed by atoms with Gasteiger partial charge in [0.1, 0.15) is 5.82 Å². The maximum atomic E-state index is 5.62. The fourth-order valence-electron chi connectivity index (χ4n) is 2.30. The van der Waals surface area contributed by atoms with Gasteiger partial charge in [-0.3, -0.25) is 0 Å². The number of aromatic nitrogens is 2. The van der Waals surface area contributed by atoms with E-state index >= 15 is 0 Å². The van der Waals surface area contributed by atoms with Gasteiger partial charge in [-0.05, 0) is 31.7 Å². The van der Waals surface area contributed by atoms with Crippen molar-refractivity contribution in [1.29, 1.82) is 0 Å². The molecule has 0 aromatic carbocycles. The first-order chi connectivity index (χ1) is 8.50. The lowest BCUT2D eigenvalue weighted by Gasteiger charge is -2.31. The van der Waals surface area contributed by atoms with Gasteiger partial charge >= 0.3 is 0 Å². The predicted molar refractivity (Wildman–Crippen MR) is 77.2 cm³/mol. The van der Waals surface area contributed by atoms with Crippen molar-refractivity contribution in [3.8, 4) is 0 Å². The van der Waals surface area contributed by atoms with E-state index in [1.165, 1.54) is 24.4 Å². The van der Waals surface area contributed by atoms with Crippen LogP contribution < -0.4 is 10.6 Å². The van der Waals surface area contributed by atoms with Crippen LogP contribution >= 0.6 is 11.5 Å². The SMILES string of the molecule is CC(C)(C)c1nsc(N2CCC(CCN)CC2)n1. The Kier molecular flexibility index (Phi) is 4.22. The molecule has 0 aliphatic carbocycles. The van der Waals surface area contributed by atoms with E-state index in [-0.39, 0.29) is 5.41 Å². The van der Waals surface area contributed by atoms with Crippen LogP contribution in [0.3, 0.4) is 0 Å². The van der Waals surface area contributed by atoms with Crippen LogP contribution in [0.25, 0.3) is 0 Å². The van der Waals surface area contributed by atoms with E-state index in [9.17, 15) is 0 Å². The standard InChI is InChI=1S/C13H24N4S/c1-13(2,3)11-15-12(18-16-11)17-8-5-10(4-7-14)6-9-17/h10H,4-9,14H2,1-3H3. The second-order valence-electron chi connectivity index (χ2n) is 6.16. The van der Waals surface area contributed by atoms with Gasteiger partial charge in [0.2, 0.25) is 5.13 Å². The zero-order valence-electron chi connectivity index (χ0n) is 11.6. The van der Waals surface area contributed by atoms with Crippen LogP contribution in [0.1, 0.15) is 45.9 Å². The van der Waals surface area contributed by atoms with E-state index < -0.39 is 0 Å². The number of nitrogens with two attached hydrogens (primary N) is 1. The van der Waals surface area contributed by atoms with Crippen molar-refractivity contribution >= 4 is 16.7 Å². The number of rotatable bonds is 3. The molecule has 1 saturated heterocycles. The molecule has 1 aromatic heterocycles. The molecule has 2 heterocycles. The van der Waals surface area contributed by atoms with Crippen molar-refractivity contribution in [3.05, 3.63) is 5.82 Å². The van der Waals surface area contributed by atoms with E-state index in [2.05, 4.69) is 35.0 Å². The summed E-state index contributed by atoms with van der Waals surface area (Å²) in [6, 6.07) is 0. The van der Waals surface area contributed by atoms with E-state index in [4.69, 9.17) is 5.73 Å². The van der Waals surface area contributed by atoms with Crippen molar-refractivity contribution in [2.75, 3.05) is 24.5 Å². The summed E-state index contributed by atoms with van der Waals surface area (Å²) >= 11 is 1.54. The van der Waals surface area contributed by atoms with Crippen LogP contribution in [0, 0.1) is 5.92 Å². The van der Waals surface area contributed by atoms with Crippen molar-refractivity contribution in [2.45, 2.75) is 45.4 Å². The van der Waals surface area contributed by atoms with Crippen LogP contribution in [0.15, 0.2) is 0 Å². The number of piperidine rings is 1. The second-order valence-corrected chi connectivity index (χ2v) is 6.89. The molecule has 1 aromatic rings. The van der Waals surface area contributed by atoms with Gasteiger partial charge in [-0.2, -0.15) is 4.37 Å². The van der Waals surface area contributed by atoms with Crippen molar-refractivity contribution < 1.29 is 0 Å². The summed E-state index contributed by atoms with van der Waals surface area (Å²) in [6.45, 7) is 9.50. The molecule has 0 unspecified atom stereocenters. The fourth-order valence-corrected chi connectivity index (χ4v) is 3.21. The van der Waals surface area contributed by atoms with Gasteiger partial charge in [-0.1, -0.05) is 20.8 Å². The highest BCUT2D eigenvalue weighted by Crippen LogP contribution is 2.29. The molecule has 1 aliphatic heterocycles. The Balaban J connectivity index is 1.95. The number of nitrogens with zero attached hydrogens (tertiary/aromatic N) is 3. The molecule has 18 heavy (non-hydrogen) atoms. The van der Waals surface area contributed by atoms with E-state index in [0.29, 0.717) is 0 Å². The molecule has 0 bridgehead atoms. The van der Waals surface area contributed by atoms with Crippen LogP contribution in [0.5, 0.6) is 0 Å². The van der Waals surface area contributed by atoms with Gasteiger partial charge in [0.25, 0.3) is 0 Å². The van der Waals surface area contributed by atoms with E-state index in [1.807, 2.05) is 0 Å². The van der Waals surface area contributed by atoms with Crippen molar-refractivity contribution in [3.63, 3.8) is 0 Å². The molecule has 2 rings (SSSR count). The summed E-state index contributed by atoms with van der Waals surface area (Å²) in [4.78, 5) is 7.06. The first kappa shape index (κ1) is 13.7. The molecule has 2 N–H and O–H groups in total. The highest BCUT2D eigenvalue weighted by molar-refractivity contribution is 7.09. The molecule has 0 amide bonds. The topological polar surface area (TPSA) is 55.0 Å². The molecule has 0 saturated carbocycles. The normalized spacial score (nSPS) is 18.3. The number of anilines is 1. The van der Waals surface area contributed by atoms with Gasteiger partial charge in [0.05, 0.1) is 0 Å². The Bertz CT molecular complexity index is 375. The molecule has 0 spiro atoms. The molecule has 0 atom stereocenters. The maximum absolute atomic E-state index is 5.62. The van der Waals surface area contributed by atoms with Gasteiger partial charge in [-0.25, -0.2) is 4.98 Å². The average Bonchev–Trinajstić information content (AvgIpc) is 2.79. The van der Waals surface area contributed by atoms with Gasteiger partial charge in [0, 0.05) is 30.0 Å². The summed E-state index contributed by atoms with van der Waals surface area (Å²) in [5, 5.41) is 1.09. The molecule has 1 aliphatic rings. The third kappa shape index (κ3) is 3.20. The van der Waals surface area contributed by atoms with Gasteiger partial charge < -0.3 is 10.6 Å². The minimum Gasteiger partial charge on any atom is -0.347 e. The van der Waals surface area contributed by atoms with Crippen molar-refractivity contribution in [2.24, 2.45) is 11.7 Å². The third-order valence-corrected chi connectivity index (χ3v) is 4.32. The van der Waals surface area contributed by atoms with Crippen LogP contribution in [0.4, 0.5) is 5.13 Å². The number of hydrogen-bond acceptors (Lipinski definition) is 5. The largest absolute Gasteiger partial charge is 0.347 e. The average molecular weight is 268 g/mol. The first-order valence-corrected chi connectivity index (χ1v) is 7.57. The minimum atomic E-state index is 0.0482. The highest BCUT2D eigenvalue weighted by atomic mass is 32.1. The lowest BCUT2D eigenvalue weighted by Crippen LogP contribution is -2.34. The molecular weight excluding hydrogens is 244 g/mol. The molecule has 102 valence electrons. The maximum Gasteiger partial charge on any atom is 0.205 e. The zero-order chi connectivity index (χ0) is 13.2. The Labute approximate surface area is 114 Å². The summed E-state index contributed by atoms with van der Waals surface area (Å²) in [5.74, 6) is 1.77. The van der Waals surface area contributed by atoms with Gasteiger partial charge in [0.15, 0.2) is 0 Å². The Morgan fingerprint density at radius 3 is 2.50 bits per heavy atom. The Hall–Kier alpha value is -0.680. The summed E-state index contributed by atoms with van der Waals surface area (Å²) in [7, 11) is 0. The van der Waals surface area contributed by atoms with Gasteiger partial charge in [-0.15, -0.1) is 0 Å². The molecule has 1 fully saturated rings. The summed E-state index contributed by atoms with van der Waals surface area (Å²) in [6.07, 6.45) is 3.64. The first-order valence-electron chi connectivity index (χ1n) is 6.80. The molecule has 5 heteroatoms. The monoisotopic (exact) mass is 268 g/mol. The summed E-state index contributed by atoms with van der Waals surface area (Å²) < 4.78 is 4.49.